The predicted molar refractivity (Wildman–Crippen MR) is 81.4 cm³/mol. The van der Waals surface area contributed by atoms with Crippen LogP contribution in [0.2, 0.25) is 0 Å². The third kappa shape index (κ3) is 4.21. The number of hydrogen-bond acceptors (Lipinski definition) is 3. The van der Waals surface area contributed by atoms with Crippen LogP contribution in [0.4, 0.5) is 0 Å². The molecule has 1 aliphatic carbocycles. The summed E-state index contributed by atoms with van der Waals surface area (Å²) in [5.74, 6) is 0.0617. The highest BCUT2D eigenvalue weighted by molar-refractivity contribution is 5.73. The highest BCUT2D eigenvalue weighted by Crippen LogP contribution is 2.45. The van der Waals surface area contributed by atoms with Crippen molar-refractivity contribution in [2.45, 2.75) is 78.7 Å². The van der Waals surface area contributed by atoms with Crippen LogP contribution >= 0.6 is 0 Å². The first-order valence-corrected chi connectivity index (χ1v) is 8.13. The molecule has 3 heteroatoms. The Morgan fingerprint density at radius 1 is 1.30 bits per heavy atom. The van der Waals surface area contributed by atoms with Crippen LogP contribution in [0.15, 0.2) is 0 Å². The average Bonchev–Trinajstić information content (AvgIpc) is 2.35. The van der Waals surface area contributed by atoms with Gasteiger partial charge in [0.1, 0.15) is 0 Å². The lowest BCUT2D eigenvalue weighted by Crippen LogP contribution is -2.47. The smallest absolute Gasteiger partial charge is 0.311 e. The Hall–Kier alpha value is -0.570. The zero-order valence-electron chi connectivity index (χ0n) is 13.9. The van der Waals surface area contributed by atoms with Crippen molar-refractivity contribution in [3.8, 4) is 0 Å². The fraction of sp³-hybridized carbons (Fsp3) is 0.941. The highest BCUT2D eigenvalue weighted by Gasteiger charge is 2.45. The number of aliphatic hydroxyl groups is 1. The third-order valence-electron chi connectivity index (χ3n) is 4.87. The summed E-state index contributed by atoms with van der Waals surface area (Å²) in [7, 11) is 0. The van der Waals surface area contributed by atoms with E-state index in [2.05, 4.69) is 27.7 Å². The minimum absolute atomic E-state index is 0.217. The van der Waals surface area contributed by atoms with E-state index < -0.39 is 5.60 Å². The van der Waals surface area contributed by atoms with Gasteiger partial charge in [0.25, 0.3) is 0 Å². The number of ether oxygens (including phenoxy) is 1. The predicted octanol–water partition coefficient (Wildman–Crippen LogP) is 3.93. The Balaban J connectivity index is 2.74. The van der Waals surface area contributed by atoms with E-state index in [-0.39, 0.29) is 17.3 Å². The lowest BCUT2D eigenvalue weighted by Gasteiger charge is -2.44. The molecule has 1 N–H and O–H groups in total. The van der Waals surface area contributed by atoms with Gasteiger partial charge in [-0.3, -0.25) is 4.79 Å². The van der Waals surface area contributed by atoms with Gasteiger partial charge in [-0.05, 0) is 50.4 Å². The Labute approximate surface area is 124 Å². The molecular formula is C17H32O3. The molecule has 0 aromatic rings. The Kier molecular flexibility index (Phi) is 6.06. The van der Waals surface area contributed by atoms with Crippen LogP contribution in [-0.4, -0.2) is 23.3 Å². The van der Waals surface area contributed by atoms with Gasteiger partial charge in [-0.1, -0.05) is 34.1 Å². The van der Waals surface area contributed by atoms with Crippen molar-refractivity contribution in [2.75, 3.05) is 6.61 Å². The number of hydrogen-bond donors (Lipinski definition) is 1. The van der Waals surface area contributed by atoms with E-state index in [1.54, 1.807) is 0 Å². The molecule has 20 heavy (non-hydrogen) atoms. The van der Waals surface area contributed by atoms with Crippen LogP contribution in [0.5, 0.6) is 0 Å². The Morgan fingerprint density at radius 2 is 1.85 bits per heavy atom. The van der Waals surface area contributed by atoms with E-state index in [4.69, 9.17) is 4.74 Å². The second-order valence-corrected chi connectivity index (χ2v) is 7.34. The lowest BCUT2D eigenvalue weighted by atomic mass is 9.65. The van der Waals surface area contributed by atoms with Crippen molar-refractivity contribution in [1.29, 1.82) is 0 Å². The molecular weight excluding hydrogens is 252 g/mol. The lowest BCUT2D eigenvalue weighted by molar-refractivity contribution is -0.163. The zero-order chi connectivity index (χ0) is 15.4. The monoisotopic (exact) mass is 284 g/mol. The molecule has 118 valence electrons. The van der Waals surface area contributed by atoms with Gasteiger partial charge in [-0.2, -0.15) is 0 Å². The quantitative estimate of drug-likeness (QED) is 0.778. The topological polar surface area (TPSA) is 46.5 Å². The molecule has 0 heterocycles. The van der Waals surface area contributed by atoms with Crippen LogP contribution in [0.25, 0.3) is 0 Å². The normalized spacial score (nSPS) is 29.0. The Bertz CT molecular complexity index is 309. The number of rotatable bonds is 5. The van der Waals surface area contributed by atoms with Crippen molar-refractivity contribution in [3.05, 3.63) is 0 Å². The maximum Gasteiger partial charge on any atom is 0.311 e. The summed E-state index contributed by atoms with van der Waals surface area (Å²) in [6.07, 6.45) is 5.06. The first-order valence-electron chi connectivity index (χ1n) is 8.13. The zero-order valence-corrected chi connectivity index (χ0v) is 13.9. The number of esters is 1. The Morgan fingerprint density at radius 3 is 2.25 bits per heavy atom. The van der Waals surface area contributed by atoms with Gasteiger partial charge < -0.3 is 9.84 Å². The molecule has 0 saturated heterocycles. The van der Waals surface area contributed by atoms with Gasteiger partial charge in [0.05, 0.1) is 18.1 Å². The van der Waals surface area contributed by atoms with Crippen LogP contribution in [0.1, 0.15) is 73.1 Å². The molecule has 0 amide bonds. The van der Waals surface area contributed by atoms with Gasteiger partial charge in [0.15, 0.2) is 0 Å². The summed E-state index contributed by atoms with van der Waals surface area (Å²) in [6.45, 7) is 11.0. The molecule has 0 radical (unpaired) electrons. The van der Waals surface area contributed by atoms with Crippen molar-refractivity contribution in [1.82, 2.24) is 0 Å². The van der Waals surface area contributed by atoms with E-state index in [1.165, 1.54) is 0 Å². The third-order valence-corrected chi connectivity index (χ3v) is 4.87. The average molecular weight is 284 g/mol. The summed E-state index contributed by atoms with van der Waals surface area (Å²) in [5, 5.41) is 10.9. The van der Waals surface area contributed by atoms with Crippen molar-refractivity contribution in [2.24, 2.45) is 17.3 Å². The van der Waals surface area contributed by atoms with E-state index in [0.717, 1.165) is 38.5 Å². The fourth-order valence-corrected chi connectivity index (χ4v) is 3.47. The minimum Gasteiger partial charge on any atom is -0.466 e. The summed E-state index contributed by atoms with van der Waals surface area (Å²) >= 11 is 0. The molecule has 0 bridgehead atoms. The highest BCUT2D eigenvalue weighted by atomic mass is 16.5. The van der Waals surface area contributed by atoms with Crippen molar-refractivity contribution in [3.63, 3.8) is 0 Å². The van der Waals surface area contributed by atoms with Gasteiger partial charge in [0, 0.05) is 0 Å². The van der Waals surface area contributed by atoms with Gasteiger partial charge in [-0.15, -0.1) is 0 Å². The second-order valence-electron chi connectivity index (χ2n) is 7.34. The summed E-state index contributed by atoms with van der Waals surface area (Å²) < 4.78 is 5.17. The maximum absolute atomic E-state index is 12.1. The molecule has 0 aromatic carbocycles. The van der Waals surface area contributed by atoms with E-state index in [0.29, 0.717) is 12.5 Å². The molecule has 0 aliphatic heterocycles. The molecule has 1 unspecified atom stereocenters. The molecule has 1 fully saturated rings. The largest absolute Gasteiger partial charge is 0.466 e. The SMILES string of the molecule is CCCC(C(=O)OCC)C1(O)CCC(C(C)(C)C)CC1. The van der Waals surface area contributed by atoms with Crippen LogP contribution in [0.3, 0.4) is 0 Å². The standard InChI is InChI=1S/C17H32O3/c1-6-8-14(15(18)20-7-2)17(19)11-9-13(10-12-17)16(3,4)5/h13-14,19H,6-12H2,1-5H3. The summed E-state index contributed by atoms with van der Waals surface area (Å²) in [6, 6.07) is 0. The van der Waals surface area contributed by atoms with Crippen LogP contribution in [0, 0.1) is 17.3 Å². The van der Waals surface area contributed by atoms with Crippen LogP contribution in [-0.2, 0) is 9.53 Å². The molecule has 1 aliphatic rings. The maximum atomic E-state index is 12.1. The molecule has 1 saturated carbocycles. The molecule has 1 rings (SSSR count). The molecule has 3 nitrogen and oxygen atoms in total. The number of carbonyl (C=O) groups excluding carboxylic acids is 1. The van der Waals surface area contributed by atoms with Crippen molar-refractivity contribution >= 4 is 5.97 Å². The number of carbonyl (C=O) groups is 1. The molecule has 1 atom stereocenters. The second kappa shape index (κ2) is 6.93. The van der Waals surface area contributed by atoms with Gasteiger partial charge in [-0.25, -0.2) is 0 Å². The van der Waals surface area contributed by atoms with E-state index in [1.807, 2.05) is 6.92 Å². The first kappa shape index (κ1) is 17.5. The van der Waals surface area contributed by atoms with Gasteiger partial charge >= 0.3 is 5.97 Å². The first-order chi connectivity index (χ1) is 9.24. The van der Waals surface area contributed by atoms with E-state index >= 15 is 0 Å². The van der Waals surface area contributed by atoms with Crippen LogP contribution < -0.4 is 0 Å². The van der Waals surface area contributed by atoms with Gasteiger partial charge in [0.2, 0.25) is 0 Å². The van der Waals surface area contributed by atoms with E-state index in [9.17, 15) is 9.90 Å². The molecule has 0 spiro atoms. The fourth-order valence-electron chi connectivity index (χ4n) is 3.47. The van der Waals surface area contributed by atoms with Crippen molar-refractivity contribution < 1.29 is 14.6 Å². The molecule has 0 aromatic heterocycles. The minimum atomic E-state index is -0.857. The summed E-state index contributed by atoms with van der Waals surface area (Å²) in [4.78, 5) is 12.1. The summed E-state index contributed by atoms with van der Waals surface area (Å²) in [5.41, 5.74) is -0.574.